The minimum Gasteiger partial charge on any atom is -0.0651 e. The molecule has 0 amide bonds. The average Bonchev–Trinajstić information content (AvgIpc) is 2.34. The van der Waals surface area contributed by atoms with Crippen LogP contribution in [0.25, 0.3) is 0 Å². The van der Waals surface area contributed by atoms with Crippen molar-refractivity contribution in [1.82, 2.24) is 0 Å². The Hall–Kier alpha value is -0.780. The molecule has 1 aromatic carbocycles. The second kappa shape index (κ2) is 6.61. The summed E-state index contributed by atoms with van der Waals surface area (Å²) in [7, 11) is 0. The maximum atomic E-state index is 2.48. The molecule has 1 rings (SSSR count). The van der Waals surface area contributed by atoms with E-state index in [4.69, 9.17) is 0 Å². The zero-order valence-electron chi connectivity index (χ0n) is 17.6. The van der Waals surface area contributed by atoms with Gasteiger partial charge in [-0.05, 0) is 44.8 Å². The van der Waals surface area contributed by atoms with Crippen LogP contribution in [0.2, 0.25) is 0 Å². The van der Waals surface area contributed by atoms with Gasteiger partial charge >= 0.3 is 0 Å². The Morgan fingerprint density at radius 1 is 0.739 bits per heavy atom. The van der Waals surface area contributed by atoms with Crippen LogP contribution in [0.5, 0.6) is 0 Å². The summed E-state index contributed by atoms with van der Waals surface area (Å²) in [6, 6.07) is 7.40. The highest BCUT2D eigenvalue weighted by atomic mass is 14.4. The van der Waals surface area contributed by atoms with Crippen LogP contribution < -0.4 is 0 Å². The third-order valence-electron chi connectivity index (χ3n) is 5.19. The van der Waals surface area contributed by atoms with Crippen LogP contribution in [-0.2, 0) is 10.8 Å². The molecule has 0 aliphatic rings. The lowest BCUT2D eigenvalue weighted by molar-refractivity contribution is 0.241. The molecule has 0 bridgehead atoms. The number of hydrogen-bond acceptors (Lipinski definition) is 0. The van der Waals surface area contributed by atoms with Crippen molar-refractivity contribution >= 4 is 0 Å². The van der Waals surface area contributed by atoms with Gasteiger partial charge in [0.1, 0.15) is 0 Å². The van der Waals surface area contributed by atoms with Crippen LogP contribution in [0.4, 0.5) is 0 Å². The summed E-state index contributed by atoms with van der Waals surface area (Å²) in [4.78, 5) is 0. The number of benzene rings is 1. The minimum absolute atomic E-state index is 0.188. The van der Waals surface area contributed by atoms with Crippen molar-refractivity contribution in [2.24, 2.45) is 11.3 Å². The van der Waals surface area contributed by atoms with Crippen molar-refractivity contribution in [2.45, 2.75) is 99.3 Å². The van der Waals surface area contributed by atoms with Crippen molar-refractivity contribution in [3.05, 3.63) is 34.9 Å². The van der Waals surface area contributed by atoms with Crippen LogP contribution >= 0.6 is 0 Å². The van der Waals surface area contributed by atoms with Gasteiger partial charge in [-0.25, -0.2) is 0 Å². The van der Waals surface area contributed by atoms with E-state index in [1.54, 1.807) is 0 Å². The van der Waals surface area contributed by atoms with E-state index >= 15 is 0 Å². The summed E-state index contributed by atoms with van der Waals surface area (Å²) in [5.74, 6) is 1.29. The Labute approximate surface area is 146 Å². The molecule has 2 atom stereocenters. The first kappa shape index (κ1) is 20.3. The van der Waals surface area contributed by atoms with Crippen LogP contribution in [0.1, 0.15) is 105 Å². The maximum absolute atomic E-state index is 2.48. The van der Waals surface area contributed by atoms with Crippen LogP contribution in [0, 0.1) is 11.3 Å². The largest absolute Gasteiger partial charge is 0.0651 e. The quantitative estimate of drug-likeness (QED) is 0.543. The zero-order chi connectivity index (χ0) is 18.2. The molecule has 0 spiro atoms. The molecule has 0 aliphatic carbocycles. The minimum atomic E-state index is 0.188. The molecule has 0 nitrogen and oxygen atoms in total. The third-order valence-corrected chi connectivity index (χ3v) is 5.19. The summed E-state index contributed by atoms with van der Waals surface area (Å²) < 4.78 is 0. The van der Waals surface area contributed by atoms with Gasteiger partial charge in [0.2, 0.25) is 0 Å². The first-order valence-electron chi connectivity index (χ1n) is 9.34. The van der Waals surface area contributed by atoms with Crippen molar-refractivity contribution in [3.8, 4) is 0 Å². The van der Waals surface area contributed by atoms with Crippen molar-refractivity contribution in [3.63, 3.8) is 0 Å². The Bertz CT molecular complexity index is 482. The summed E-state index contributed by atoms with van der Waals surface area (Å²) in [5.41, 5.74) is 5.13. The van der Waals surface area contributed by atoms with Crippen molar-refractivity contribution in [1.29, 1.82) is 0 Å². The first-order valence-corrected chi connectivity index (χ1v) is 9.34. The highest BCUT2D eigenvalue weighted by molar-refractivity contribution is 5.39. The fraction of sp³-hybridized carbons (Fsp3) is 0.739. The highest BCUT2D eigenvalue weighted by Crippen LogP contribution is 2.44. The molecule has 0 aromatic heterocycles. The fourth-order valence-corrected chi connectivity index (χ4v) is 3.62. The molecule has 0 aliphatic heterocycles. The van der Waals surface area contributed by atoms with Crippen LogP contribution in [0.3, 0.4) is 0 Å². The van der Waals surface area contributed by atoms with Gasteiger partial charge in [0.25, 0.3) is 0 Å². The predicted octanol–water partition coefficient (Wildman–Crippen LogP) is 7.46. The van der Waals surface area contributed by atoms with E-state index in [9.17, 15) is 0 Å². The van der Waals surface area contributed by atoms with E-state index in [0.717, 1.165) is 0 Å². The first-order chi connectivity index (χ1) is 10.2. The molecule has 0 fully saturated rings. The van der Waals surface area contributed by atoms with Gasteiger partial charge in [0.05, 0.1) is 0 Å². The standard InChI is InChI=1S/C23H40/c1-12-16(2)20(23(9,10)11)17-13-18(21(3,4)5)15-19(14-17)22(6,7)8/h13-16,20H,12H2,1-11H3. The Morgan fingerprint density at radius 2 is 1.13 bits per heavy atom. The topological polar surface area (TPSA) is 0 Å². The molecule has 0 heterocycles. The van der Waals surface area contributed by atoms with E-state index in [0.29, 0.717) is 11.8 Å². The van der Waals surface area contributed by atoms with Gasteiger partial charge in [-0.2, -0.15) is 0 Å². The lowest BCUT2D eigenvalue weighted by Crippen LogP contribution is -2.26. The number of hydrogen-bond donors (Lipinski definition) is 0. The Kier molecular flexibility index (Phi) is 5.83. The van der Waals surface area contributed by atoms with Crippen molar-refractivity contribution in [2.75, 3.05) is 0 Å². The predicted molar refractivity (Wildman–Crippen MR) is 105 cm³/mol. The smallest absolute Gasteiger partial charge is 0.00874 e. The molecule has 0 N–H and O–H groups in total. The summed E-state index contributed by atoms with van der Waals surface area (Å²) >= 11 is 0. The molecule has 132 valence electrons. The van der Waals surface area contributed by atoms with E-state index in [2.05, 4.69) is 94.4 Å². The number of rotatable bonds is 3. The molecule has 23 heavy (non-hydrogen) atoms. The Morgan fingerprint density at radius 3 is 1.39 bits per heavy atom. The fourth-order valence-electron chi connectivity index (χ4n) is 3.62. The van der Waals surface area contributed by atoms with E-state index in [1.165, 1.54) is 23.1 Å². The Balaban J connectivity index is 3.61. The molecule has 2 unspecified atom stereocenters. The molecule has 0 saturated heterocycles. The molecule has 0 saturated carbocycles. The van der Waals surface area contributed by atoms with Gasteiger partial charge in [0.15, 0.2) is 0 Å². The molecule has 0 heteroatoms. The average molecular weight is 317 g/mol. The summed E-state index contributed by atoms with van der Waals surface area (Å²) in [6.07, 6.45) is 1.23. The van der Waals surface area contributed by atoms with E-state index in [1.807, 2.05) is 0 Å². The molecule has 0 radical (unpaired) electrons. The van der Waals surface area contributed by atoms with Gasteiger partial charge in [-0.1, -0.05) is 101 Å². The summed E-state index contributed by atoms with van der Waals surface area (Å²) in [6.45, 7) is 25.9. The third kappa shape index (κ3) is 5.10. The van der Waals surface area contributed by atoms with Gasteiger partial charge in [-0.3, -0.25) is 0 Å². The lowest BCUT2D eigenvalue weighted by atomic mass is 9.67. The monoisotopic (exact) mass is 316 g/mol. The molecular weight excluding hydrogens is 276 g/mol. The van der Waals surface area contributed by atoms with E-state index < -0.39 is 0 Å². The van der Waals surface area contributed by atoms with Gasteiger partial charge in [0, 0.05) is 0 Å². The normalized spacial score (nSPS) is 16.3. The second-order valence-corrected chi connectivity index (χ2v) is 10.6. The second-order valence-electron chi connectivity index (χ2n) is 10.6. The maximum Gasteiger partial charge on any atom is -0.00874 e. The summed E-state index contributed by atoms with van der Waals surface area (Å²) in [5, 5.41) is 0. The van der Waals surface area contributed by atoms with Gasteiger partial charge < -0.3 is 0 Å². The zero-order valence-corrected chi connectivity index (χ0v) is 17.6. The van der Waals surface area contributed by atoms with E-state index in [-0.39, 0.29) is 16.2 Å². The highest BCUT2D eigenvalue weighted by Gasteiger charge is 2.32. The molecule has 1 aromatic rings. The lowest BCUT2D eigenvalue weighted by Gasteiger charge is -2.37. The van der Waals surface area contributed by atoms with Crippen LogP contribution in [-0.4, -0.2) is 0 Å². The van der Waals surface area contributed by atoms with Crippen molar-refractivity contribution < 1.29 is 0 Å². The SMILES string of the molecule is CCC(C)C(c1cc(C(C)(C)C)cc(C(C)(C)C)c1)C(C)(C)C. The van der Waals surface area contributed by atoms with Gasteiger partial charge in [-0.15, -0.1) is 0 Å². The van der Waals surface area contributed by atoms with Crippen LogP contribution in [0.15, 0.2) is 18.2 Å². The molecular formula is C23H40.